The van der Waals surface area contributed by atoms with Crippen LogP contribution in [0.2, 0.25) is 0 Å². The number of rotatable bonds is 5. The van der Waals surface area contributed by atoms with E-state index in [0.29, 0.717) is 25.4 Å². The lowest BCUT2D eigenvalue weighted by Crippen LogP contribution is -2.42. The maximum Gasteiger partial charge on any atom is 0.320 e. The number of nitrogens with one attached hydrogen (secondary N) is 1. The van der Waals surface area contributed by atoms with Gasteiger partial charge in [-0.3, -0.25) is 9.59 Å². The smallest absolute Gasteiger partial charge is 0.320 e. The van der Waals surface area contributed by atoms with Crippen LogP contribution in [-0.4, -0.2) is 59.8 Å². The number of aliphatic hydroxyl groups excluding tert-OH is 1. The molecule has 0 saturated carbocycles. The molecule has 6 heteroatoms. The molecule has 0 bridgehead atoms. The second-order valence-electron chi connectivity index (χ2n) is 4.40. The topological polar surface area (TPSA) is 89.9 Å². The van der Waals surface area contributed by atoms with Crippen molar-refractivity contribution in [3.05, 3.63) is 0 Å². The van der Waals surface area contributed by atoms with Crippen LogP contribution in [0.15, 0.2) is 0 Å². The van der Waals surface area contributed by atoms with Crippen LogP contribution >= 0.6 is 0 Å². The third kappa shape index (κ3) is 3.98. The van der Waals surface area contributed by atoms with Crippen molar-refractivity contribution < 1.29 is 19.8 Å². The summed E-state index contributed by atoms with van der Waals surface area (Å²) in [6, 6.07) is -0.514. The molecule has 1 amide bonds. The Hall–Kier alpha value is -1.14. The molecule has 17 heavy (non-hydrogen) atoms. The SMILES string of the molecule is CN[C@@H](CC1CCN(C(=O)CO)CC1)C(=O)O. The van der Waals surface area contributed by atoms with E-state index < -0.39 is 18.6 Å². The molecule has 0 unspecified atom stereocenters. The Bertz CT molecular complexity index is 275. The molecule has 0 aliphatic carbocycles. The second-order valence-corrected chi connectivity index (χ2v) is 4.40. The van der Waals surface area contributed by atoms with E-state index in [9.17, 15) is 9.59 Å². The number of likely N-dealkylation sites (N-methyl/N-ethyl adjacent to an activating group) is 1. The van der Waals surface area contributed by atoms with Gasteiger partial charge in [0, 0.05) is 13.1 Å². The molecule has 1 heterocycles. The average Bonchev–Trinajstić information content (AvgIpc) is 2.35. The molecular formula is C11H20N2O4. The highest BCUT2D eigenvalue weighted by Crippen LogP contribution is 2.22. The number of carboxylic acid groups (broad SMARTS) is 1. The summed E-state index contributed by atoms with van der Waals surface area (Å²) < 4.78 is 0. The standard InChI is InChI=1S/C11H20N2O4/c1-12-9(11(16)17)6-8-2-4-13(5-3-8)10(15)7-14/h8-9,12,14H,2-7H2,1H3,(H,16,17)/t9-/m0/s1. The summed E-state index contributed by atoms with van der Waals surface area (Å²) >= 11 is 0. The minimum atomic E-state index is -0.832. The van der Waals surface area contributed by atoms with E-state index >= 15 is 0 Å². The van der Waals surface area contributed by atoms with E-state index in [-0.39, 0.29) is 5.91 Å². The number of likely N-dealkylation sites (tertiary alicyclic amines) is 1. The second kappa shape index (κ2) is 6.56. The lowest BCUT2D eigenvalue weighted by molar-refractivity contribution is -0.140. The van der Waals surface area contributed by atoms with E-state index in [1.54, 1.807) is 11.9 Å². The van der Waals surface area contributed by atoms with E-state index in [4.69, 9.17) is 10.2 Å². The Balaban J connectivity index is 2.36. The summed E-state index contributed by atoms with van der Waals surface area (Å²) in [6.07, 6.45) is 2.20. The number of carbonyl (C=O) groups is 2. The number of aliphatic carboxylic acids is 1. The molecule has 0 aromatic carbocycles. The molecular weight excluding hydrogens is 224 g/mol. The molecule has 1 aliphatic heterocycles. The molecule has 0 radical (unpaired) electrons. The Morgan fingerprint density at radius 2 is 2.00 bits per heavy atom. The van der Waals surface area contributed by atoms with Gasteiger partial charge in [-0.2, -0.15) is 0 Å². The maximum absolute atomic E-state index is 11.2. The fraction of sp³-hybridized carbons (Fsp3) is 0.818. The molecule has 1 aliphatic rings. The van der Waals surface area contributed by atoms with E-state index in [0.717, 1.165) is 12.8 Å². The Morgan fingerprint density at radius 3 is 2.41 bits per heavy atom. The van der Waals surface area contributed by atoms with Crippen LogP contribution in [0.1, 0.15) is 19.3 Å². The number of aliphatic hydroxyl groups is 1. The van der Waals surface area contributed by atoms with Gasteiger partial charge in [-0.15, -0.1) is 0 Å². The van der Waals surface area contributed by atoms with Crippen LogP contribution in [0.25, 0.3) is 0 Å². The number of amides is 1. The number of hydrogen-bond acceptors (Lipinski definition) is 4. The van der Waals surface area contributed by atoms with Crippen LogP contribution in [-0.2, 0) is 9.59 Å². The third-order valence-corrected chi connectivity index (χ3v) is 3.32. The molecule has 0 spiro atoms. The van der Waals surface area contributed by atoms with Gasteiger partial charge in [-0.05, 0) is 32.2 Å². The molecule has 1 rings (SSSR count). The van der Waals surface area contributed by atoms with Gasteiger partial charge in [0.25, 0.3) is 0 Å². The van der Waals surface area contributed by atoms with Crippen LogP contribution < -0.4 is 5.32 Å². The van der Waals surface area contributed by atoms with Gasteiger partial charge in [0.2, 0.25) is 5.91 Å². The lowest BCUT2D eigenvalue weighted by Gasteiger charge is -2.32. The zero-order chi connectivity index (χ0) is 12.8. The Labute approximate surface area is 101 Å². The monoisotopic (exact) mass is 244 g/mol. The fourth-order valence-corrected chi connectivity index (χ4v) is 2.19. The first-order valence-electron chi connectivity index (χ1n) is 5.87. The van der Waals surface area contributed by atoms with Crippen LogP contribution in [0.5, 0.6) is 0 Å². The highest BCUT2D eigenvalue weighted by molar-refractivity contribution is 5.77. The molecule has 3 N–H and O–H groups in total. The molecule has 0 aromatic heterocycles. The number of nitrogens with zero attached hydrogens (tertiary/aromatic N) is 1. The van der Waals surface area contributed by atoms with Crippen molar-refractivity contribution in [1.29, 1.82) is 0 Å². The maximum atomic E-state index is 11.2. The first-order valence-corrected chi connectivity index (χ1v) is 5.87. The summed E-state index contributed by atoms with van der Waals surface area (Å²) in [5.41, 5.74) is 0. The van der Waals surface area contributed by atoms with Gasteiger partial charge in [-0.25, -0.2) is 0 Å². The Kier molecular flexibility index (Phi) is 5.37. The van der Waals surface area contributed by atoms with Crippen LogP contribution in [0.3, 0.4) is 0 Å². The van der Waals surface area contributed by atoms with Crippen molar-refractivity contribution >= 4 is 11.9 Å². The zero-order valence-electron chi connectivity index (χ0n) is 10.1. The summed E-state index contributed by atoms with van der Waals surface area (Å²) in [5.74, 6) is -0.750. The predicted octanol–water partition coefficient (Wildman–Crippen LogP) is -0.720. The highest BCUT2D eigenvalue weighted by atomic mass is 16.4. The van der Waals surface area contributed by atoms with Crippen LogP contribution in [0, 0.1) is 5.92 Å². The van der Waals surface area contributed by atoms with E-state index in [2.05, 4.69) is 5.32 Å². The molecule has 1 atom stereocenters. The molecule has 98 valence electrons. The summed E-state index contributed by atoms with van der Waals surface area (Å²) in [7, 11) is 1.64. The minimum absolute atomic E-state index is 0.244. The number of hydrogen-bond donors (Lipinski definition) is 3. The highest BCUT2D eigenvalue weighted by Gasteiger charge is 2.26. The number of carbonyl (C=O) groups excluding carboxylic acids is 1. The average molecular weight is 244 g/mol. The van der Waals surface area contributed by atoms with Gasteiger partial charge < -0.3 is 20.4 Å². The number of piperidine rings is 1. The summed E-state index contributed by atoms with van der Waals surface area (Å²) in [4.78, 5) is 23.7. The van der Waals surface area contributed by atoms with Crippen molar-refractivity contribution in [2.24, 2.45) is 5.92 Å². The van der Waals surface area contributed by atoms with Crippen molar-refractivity contribution in [3.63, 3.8) is 0 Å². The normalized spacial score (nSPS) is 19.1. The van der Waals surface area contributed by atoms with Crippen LogP contribution in [0.4, 0.5) is 0 Å². The molecule has 1 saturated heterocycles. The number of carboxylic acids is 1. The summed E-state index contributed by atoms with van der Waals surface area (Å²) in [6.45, 7) is 0.777. The van der Waals surface area contributed by atoms with Crippen molar-refractivity contribution in [2.75, 3.05) is 26.7 Å². The quantitative estimate of drug-likeness (QED) is 0.594. The van der Waals surface area contributed by atoms with E-state index in [1.807, 2.05) is 0 Å². The van der Waals surface area contributed by atoms with Gasteiger partial charge in [0.1, 0.15) is 12.6 Å². The molecule has 1 fully saturated rings. The predicted molar refractivity (Wildman–Crippen MR) is 61.5 cm³/mol. The summed E-state index contributed by atoms with van der Waals surface area (Å²) in [5, 5.41) is 20.4. The molecule has 6 nitrogen and oxygen atoms in total. The van der Waals surface area contributed by atoms with Gasteiger partial charge in [-0.1, -0.05) is 0 Å². The van der Waals surface area contributed by atoms with Crippen molar-refractivity contribution in [2.45, 2.75) is 25.3 Å². The fourth-order valence-electron chi connectivity index (χ4n) is 2.19. The van der Waals surface area contributed by atoms with Crippen molar-refractivity contribution in [1.82, 2.24) is 10.2 Å². The largest absolute Gasteiger partial charge is 0.480 e. The van der Waals surface area contributed by atoms with Gasteiger partial charge in [0.05, 0.1) is 0 Å². The third-order valence-electron chi connectivity index (χ3n) is 3.32. The van der Waals surface area contributed by atoms with Gasteiger partial charge >= 0.3 is 5.97 Å². The van der Waals surface area contributed by atoms with Gasteiger partial charge in [0.15, 0.2) is 0 Å². The zero-order valence-corrected chi connectivity index (χ0v) is 10.1. The lowest BCUT2D eigenvalue weighted by atomic mass is 9.90. The minimum Gasteiger partial charge on any atom is -0.480 e. The first-order chi connectivity index (χ1) is 8.08. The first kappa shape index (κ1) is 13.9. The van der Waals surface area contributed by atoms with Crippen molar-refractivity contribution in [3.8, 4) is 0 Å². The molecule has 0 aromatic rings. The van der Waals surface area contributed by atoms with E-state index in [1.165, 1.54) is 0 Å². The Morgan fingerprint density at radius 1 is 1.41 bits per heavy atom.